The summed E-state index contributed by atoms with van der Waals surface area (Å²) in [6, 6.07) is 11.3. The van der Waals surface area contributed by atoms with Gasteiger partial charge in [0.05, 0.1) is 5.38 Å². The van der Waals surface area contributed by atoms with Gasteiger partial charge in [-0.1, -0.05) is 33.6 Å². The van der Waals surface area contributed by atoms with E-state index >= 15 is 0 Å². The van der Waals surface area contributed by atoms with Crippen molar-refractivity contribution >= 4 is 39.1 Å². The summed E-state index contributed by atoms with van der Waals surface area (Å²) < 4.78 is 12.0. The molecule has 5 heteroatoms. The first-order valence-corrected chi connectivity index (χ1v) is 7.74. The van der Waals surface area contributed by atoms with Crippen LogP contribution >= 0.6 is 39.1 Å². The minimum absolute atomic E-state index is 0.307. The molecule has 3 rings (SSSR count). The van der Waals surface area contributed by atoms with Crippen LogP contribution in [-0.2, 0) is 0 Å². The molecule has 1 aliphatic heterocycles. The van der Waals surface area contributed by atoms with Crippen LogP contribution in [0.25, 0.3) is 0 Å². The zero-order chi connectivity index (χ0) is 14.1. The molecule has 2 nitrogen and oxygen atoms in total. The van der Waals surface area contributed by atoms with Gasteiger partial charge in [0.2, 0.25) is 0 Å². The van der Waals surface area contributed by atoms with Crippen molar-refractivity contribution in [3.63, 3.8) is 0 Å². The van der Waals surface area contributed by atoms with Gasteiger partial charge >= 0.3 is 0 Å². The first-order chi connectivity index (χ1) is 9.65. The molecular formula is C15H11BrCl2O2. The van der Waals surface area contributed by atoms with Crippen molar-refractivity contribution in [2.45, 2.75) is 5.38 Å². The van der Waals surface area contributed by atoms with Crippen LogP contribution in [0, 0.1) is 0 Å². The molecule has 20 heavy (non-hydrogen) atoms. The van der Waals surface area contributed by atoms with E-state index in [-0.39, 0.29) is 5.38 Å². The number of ether oxygens (including phenoxy) is 2. The quantitative estimate of drug-likeness (QED) is 0.673. The predicted octanol–water partition coefficient (Wildman–Crippen LogP) is 5.20. The van der Waals surface area contributed by atoms with Crippen LogP contribution in [0.5, 0.6) is 11.5 Å². The van der Waals surface area contributed by atoms with E-state index in [1.165, 1.54) is 0 Å². The monoisotopic (exact) mass is 372 g/mol. The van der Waals surface area contributed by atoms with E-state index in [4.69, 9.17) is 32.7 Å². The van der Waals surface area contributed by atoms with Gasteiger partial charge in [0.25, 0.3) is 0 Å². The first-order valence-electron chi connectivity index (χ1n) is 6.14. The molecule has 0 saturated heterocycles. The van der Waals surface area contributed by atoms with E-state index in [9.17, 15) is 0 Å². The smallest absolute Gasteiger partial charge is 0.161 e. The van der Waals surface area contributed by atoms with E-state index in [1.54, 1.807) is 0 Å². The Morgan fingerprint density at radius 3 is 2.55 bits per heavy atom. The lowest BCUT2D eigenvalue weighted by Gasteiger charge is -2.20. The van der Waals surface area contributed by atoms with Crippen LogP contribution in [0.2, 0.25) is 5.02 Å². The Morgan fingerprint density at radius 1 is 1.00 bits per heavy atom. The number of hydrogen-bond acceptors (Lipinski definition) is 2. The van der Waals surface area contributed by atoms with Gasteiger partial charge in [0, 0.05) is 9.50 Å². The van der Waals surface area contributed by atoms with Crippen LogP contribution in [0.1, 0.15) is 16.5 Å². The molecule has 0 bridgehead atoms. The Hall–Kier alpha value is -0.900. The normalized spacial score (nSPS) is 14.9. The van der Waals surface area contributed by atoms with Crippen LogP contribution in [0.3, 0.4) is 0 Å². The van der Waals surface area contributed by atoms with Gasteiger partial charge in [-0.25, -0.2) is 0 Å². The molecule has 2 aromatic carbocycles. The average molecular weight is 374 g/mol. The lowest BCUT2D eigenvalue weighted by Crippen LogP contribution is -2.15. The Balaban J connectivity index is 1.97. The van der Waals surface area contributed by atoms with Crippen LogP contribution in [0.15, 0.2) is 40.9 Å². The number of fused-ring (bicyclic) bond motifs is 1. The summed E-state index contributed by atoms with van der Waals surface area (Å²) in [6.07, 6.45) is 0. The van der Waals surface area contributed by atoms with Crippen LogP contribution < -0.4 is 9.47 Å². The van der Waals surface area contributed by atoms with Gasteiger partial charge in [-0.2, -0.15) is 0 Å². The summed E-state index contributed by atoms with van der Waals surface area (Å²) in [5.74, 6) is 1.49. The zero-order valence-electron chi connectivity index (χ0n) is 10.4. The second kappa shape index (κ2) is 5.84. The molecule has 2 aromatic rings. The fourth-order valence-electron chi connectivity index (χ4n) is 2.11. The van der Waals surface area contributed by atoms with Crippen LogP contribution in [-0.4, -0.2) is 13.2 Å². The molecule has 0 N–H and O–H groups in total. The number of benzene rings is 2. The minimum atomic E-state index is -0.307. The highest BCUT2D eigenvalue weighted by Gasteiger charge is 2.18. The summed E-state index contributed by atoms with van der Waals surface area (Å²) in [5, 5.41) is 0.352. The summed E-state index contributed by atoms with van der Waals surface area (Å²) in [4.78, 5) is 0. The molecular weight excluding hydrogens is 363 g/mol. The van der Waals surface area contributed by atoms with Gasteiger partial charge in [0.15, 0.2) is 11.5 Å². The van der Waals surface area contributed by atoms with E-state index in [0.717, 1.165) is 27.1 Å². The lowest BCUT2D eigenvalue weighted by atomic mass is 10.0. The molecule has 1 heterocycles. The van der Waals surface area contributed by atoms with Crippen molar-refractivity contribution in [1.82, 2.24) is 0 Å². The topological polar surface area (TPSA) is 18.5 Å². The Kier molecular flexibility index (Phi) is 4.11. The van der Waals surface area contributed by atoms with Crippen molar-refractivity contribution < 1.29 is 9.47 Å². The van der Waals surface area contributed by atoms with Crippen molar-refractivity contribution in [1.29, 1.82) is 0 Å². The molecule has 0 aliphatic carbocycles. The number of halogens is 3. The van der Waals surface area contributed by atoms with Gasteiger partial charge in [-0.05, 0) is 41.5 Å². The Bertz CT molecular complexity index is 646. The third-order valence-electron chi connectivity index (χ3n) is 3.09. The largest absolute Gasteiger partial charge is 0.486 e. The van der Waals surface area contributed by atoms with Crippen molar-refractivity contribution in [3.8, 4) is 11.5 Å². The van der Waals surface area contributed by atoms with Crippen molar-refractivity contribution in [2.24, 2.45) is 0 Å². The number of rotatable bonds is 2. The molecule has 0 fully saturated rings. The fourth-order valence-corrected chi connectivity index (χ4v) is 3.21. The van der Waals surface area contributed by atoms with Crippen molar-refractivity contribution in [2.75, 3.05) is 13.2 Å². The number of hydrogen-bond donors (Lipinski definition) is 0. The maximum absolute atomic E-state index is 6.57. The Morgan fingerprint density at radius 2 is 1.75 bits per heavy atom. The van der Waals surface area contributed by atoms with E-state index < -0.39 is 0 Å². The van der Waals surface area contributed by atoms with Crippen LogP contribution in [0.4, 0.5) is 0 Å². The van der Waals surface area contributed by atoms with E-state index in [0.29, 0.717) is 18.2 Å². The van der Waals surface area contributed by atoms with Gasteiger partial charge < -0.3 is 9.47 Å². The molecule has 0 amide bonds. The lowest BCUT2D eigenvalue weighted by molar-refractivity contribution is 0.171. The summed E-state index contributed by atoms with van der Waals surface area (Å²) >= 11 is 16.1. The summed E-state index contributed by atoms with van der Waals surface area (Å²) in [5.41, 5.74) is 1.87. The summed E-state index contributed by atoms with van der Waals surface area (Å²) in [7, 11) is 0. The molecule has 1 aliphatic rings. The highest BCUT2D eigenvalue weighted by Crippen LogP contribution is 2.39. The molecule has 104 valence electrons. The first kappa shape index (κ1) is 14.1. The van der Waals surface area contributed by atoms with Crippen molar-refractivity contribution in [3.05, 3.63) is 57.0 Å². The molecule has 0 saturated carbocycles. The zero-order valence-corrected chi connectivity index (χ0v) is 13.5. The third-order valence-corrected chi connectivity index (χ3v) is 4.53. The highest BCUT2D eigenvalue weighted by molar-refractivity contribution is 9.10. The Labute approximate surface area is 135 Å². The highest BCUT2D eigenvalue weighted by atomic mass is 79.9. The molecule has 0 aromatic heterocycles. The molecule has 0 radical (unpaired) electrons. The molecule has 1 unspecified atom stereocenters. The predicted molar refractivity (Wildman–Crippen MR) is 84.3 cm³/mol. The van der Waals surface area contributed by atoms with E-state index in [1.807, 2.05) is 36.4 Å². The van der Waals surface area contributed by atoms with Gasteiger partial charge in [-0.3, -0.25) is 0 Å². The second-order valence-corrected chi connectivity index (χ2v) is 6.16. The fraction of sp³-hybridized carbons (Fsp3) is 0.200. The number of alkyl halides is 1. The standard InChI is InChI=1S/C15H11BrCl2O2/c16-12-3-2-10(17)8-11(12)15(18)9-1-4-13-14(7-9)20-6-5-19-13/h1-4,7-8,15H,5-6H2. The van der Waals surface area contributed by atoms with Gasteiger partial charge in [-0.15, -0.1) is 11.6 Å². The SMILES string of the molecule is Clc1ccc(Br)c(C(Cl)c2ccc3c(c2)OCCO3)c1. The average Bonchev–Trinajstić information content (AvgIpc) is 2.48. The molecule has 0 spiro atoms. The maximum Gasteiger partial charge on any atom is 0.161 e. The maximum atomic E-state index is 6.57. The van der Waals surface area contributed by atoms with Gasteiger partial charge in [0.1, 0.15) is 13.2 Å². The summed E-state index contributed by atoms with van der Waals surface area (Å²) in [6.45, 7) is 1.14. The second-order valence-electron chi connectivity index (χ2n) is 4.43. The van der Waals surface area contributed by atoms with E-state index in [2.05, 4.69) is 15.9 Å². The third kappa shape index (κ3) is 2.76. The minimum Gasteiger partial charge on any atom is -0.486 e. The molecule has 1 atom stereocenters.